The predicted octanol–water partition coefficient (Wildman–Crippen LogP) is 8.07. The fourth-order valence-electron chi connectivity index (χ4n) is 4.88. The van der Waals surface area contributed by atoms with Gasteiger partial charge in [-0.2, -0.15) is 0 Å². The van der Waals surface area contributed by atoms with Crippen molar-refractivity contribution in [1.29, 1.82) is 0 Å². The third-order valence-electron chi connectivity index (χ3n) is 7.94. The van der Waals surface area contributed by atoms with Crippen LogP contribution in [0.2, 0.25) is 0 Å². The molecular weight excluding hydrogens is 685 g/mol. The van der Waals surface area contributed by atoms with Gasteiger partial charge in [-0.1, -0.05) is 101 Å². The van der Waals surface area contributed by atoms with E-state index in [-0.39, 0.29) is 37.6 Å². The summed E-state index contributed by atoms with van der Waals surface area (Å²) in [4.78, 5) is 60.9. The number of ether oxygens (including phenoxy) is 2. The van der Waals surface area contributed by atoms with E-state index in [0.29, 0.717) is 36.7 Å². The van der Waals surface area contributed by atoms with E-state index in [9.17, 15) is 28.6 Å². The van der Waals surface area contributed by atoms with Gasteiger partial charge in [-0.15, -0.1) is 0 Å². The maximum Gasteiger partial charge on any atom is 0.306 e. The summed E-state index contributed by atoms with van der Waals surface area (Å²) in [6, 6.07) is 0. The van der Waals surface area contributed by atoms with Crippen LogP contribution in [-0.2, 0) is 42.3 Å². The summed E-state index contributed by atoms with van der Waals surface area (Å²) in [5.41, 5.74) is 0. The van der Waals surface area contributed by atoms with Crippen LogP contribution in [0.25, 0.3) is 0 Å². The van der Waals surface area contributed by atoms with Crippen molar-refractivity contribution >= 4 is 31.3 Å². The number of nitrogens with zero attached hydrogens (tertiary/aromatic N) is 1. The summed E-state index contributed by atoms with van der Waals surface area (Å²) in [5.74, 6) is -0.700. The van der Waals surface area contributed by atoms with Crippen molar-refractivity contribution in [1.82, 2.24) is 0 Å². The Bertz CT molecular complexity index is 1160. The molecule has 0 amide bonds. The number of carbonyl (C=O) groups excluding carboxylic acids is 4. The number of phosphoric acid groups is 1. The zero-order valence-corrected chi connectivity index (χ0v) is 33.6. The minimum Gasteiger partial charge on any atom is -0.756 e. The highest BCUT2D eigenvalue weighted by atomic mass is 31.2. The Morgan fingerprint density at radius 3 is 1.46 bits per heavy atom. The molecule has 0 bridgehead atoms. The SMILES string of the molecule is C/C=C/C=C/C(=O)CCCCCCCCCC(=O)OC[C@H](COP(=O)([O-])OCC[N+](C)(C)C)OC(=O)CCCCCCCCCC(=O)/C=C/C=C/C. The maximum absolute atomic E-state index is 12.6. The Kier molecular flexibility index (Phi) is 30.2. The van der Waals surface area contributed by atoms with Crippen LogP contribution in [-0.4, -0.2) is 81.6 Å². The van der Waals surface area contributed by atoms with E-state index in [1.165, 1.54) is 0 Å². The molecule has 298 valence electrons. The number of unbranched alkanes of at least 4 members (excludes halogenated alkanes) is 12. The number of phosphoric ester groups is 1. The third kappa shape index (κ3) is 34.4. The van der Waals surface area contributed by atoms with E-state index < -0.39 is 32.5 Å². The zero-order chi connectivity index (χ0) is 38.9. The third-order valence-corrected chi connectivity index (χ3v) is 8.90. The first-order valence-corrected chi connectivity index (χ1v) is 20.6. The minimum absolute atomic E-state index is 0.0650. The van der Waals surface area contributed by atoms with Gasteiger partial charge >= 0.3 is 11.9 Å². The molecule has 1 unspecified atom stereocenters. The van der Waals surface area contributed by atoms with Crippen LogP contribution in [0.5, 0.6) is 0 Å². The van der Waals surface area contributed by atoms with E-state index in [1.54, 1.807) is 24.3 Å². The van der Waals surface area contributed by atoms with E-state index in [1.807, 2.05) is 59.3 Å². The van der Waals surface area contributed by atoms with Crippen LogP contribution in [0.3, 0.4) is 0 Å². The second kappa shape index (κ2) is 31.8. The van der Waals surface area contributed by atoms with Gasteiger partial charge in [0.05, 0.1) is 27.7 Å². The van der Waals surface area contributed by atoms with Gasteiger partial charge in [0.1, 0.15) is 19.8 Å². The van der Waals surface area contributed by atoms with Gasteiger partial charge in [0, 0.05) is 25.7 Å². The molecule has 0 aromatic heterocycles. The van der Waals surface area contributed by atoms with Crippen molar-refractivity contribution in [3.05, 3.63) is 48.6 Å². The molecule has 0 aliphatic rings. The minimum atomic E-state index is -4.66. The highest BCUT2D eigenvalue weighted by molar-refractivity contribution is 7.45. The van der Waals surface area contributed by atoms with E-state index in [2.05, 4.69) is 0 Å². The number of hydrogen-bond acceptors (Lipinski definition) is 10. The van der Waals surface area contributed by atoms with Gasteiger partial charge in [0.25, 0.3) is 7.82 Å². The Balaban J connectivity index is 4.51. The van der Waals surface area contributed by atoms with Crippen LogP contribution in [0, 0.1) is 0 Å². The lowest BCUT2D eigenvalue weighted by molar-refractivity contribution is -0.870. The second-order valence-corrected chi connectivity index (χ2v) is 15.4. The molecule has 0 aromatic carbocycles. The fraction of sp³-hybridized carbons (Fsp3) is 0.700. The first-order chi connectivity index (χ1) is 24.8. The van der Waals surface area contributed by atoms with Crippen LogP contribution >= 0.6 is 7.82 Å². The number of quaternary nitrogens is 1. The summed E-state index contributed by atoms with van der Waals surface area (Å²) in [6.45, 7) is 3.34. The molecule has 0 fully saturated rings. The number of esters is 2. The first kappa shape index (κ1) is 49.3. The molecule has 0 radical (unpaired) electrons. The molecule has 0 heterocycles. The predicted molar refractivity (Wildman–Crippen MR) is 204 cm³/mol. The summed E-state index contributed by atoms with van der Waals surface area (Å²) >= 11 is 0. The van der Waals surface area contributed by atoms with Gasteiger partial charge in [0.15, 0.2) is 17.7 Å². The molecule has 2 atom stereocenters. The average molecular weight is 754 g/mol. The van der Waals surface area contributed by atoms with E-state index >= 15 is 0 Å². The lowest BCUT2D eigenvalue weighted by Gasteiger charge is -2.28. The van der Waals surface area contributed by atoms with Gasteiger partial charge in [-0.3, -0.25) is 23.7 Å². The topological polar surface area (TPSA) is 145 Å². The second-order valence-electron chi connectivity index (χ2n) is 14.0. The van der Waals surface area contributed by atoms with Gasteiger partial charge in [-0.25, -0.2) is 0 Å². The number of allylic oxidation sites excluding steroid dienone is 8. The maximum atomic E-state index is 12.6. The highest BCUT2D eigenvalue weighted by Crippen LogP contribution is 2.38. The number of carbonyl (C=O) groups is 4. The van der Waals surface area contributed by atoms with Crippen LogP contribution in [0.15, 0.2) is 48.6 Å². The van der Waals surface area contributed by atoms with Crippen molar-refractivity contribution in [3.63, 3.8) is 0 Å². The molecule has 0 spiro atoms. The molecule has 0 saturated carbocycles. The van der Waals surface area contributed by atoms with Crippen molar-refractivity contribution < 1.29 is 51.6 Å². The van der Waals surface area contributed by atoms with Crippen molar-refractivity contribution in [2.75, 3.05) is 47.5 Å². The quantitative estimate of drug-likeness (QED) is 0.0158. The molecular formula is C40H68NO10P. The van der Waals surface area contributed by atoms with Crippen LogP contribution in [0.4, 0.5) is 0 Å². The Hall–Kier alpha value is -2.69. The summed E-state index contributed by atoms with van der Waals surface area (Å²) in [7, 11) is 1.04. The lowest BCUT2D eigenvalue weighted by atomic mass is 10.1. The molecule has 0 saturated heterocycles. The van der Waals surface area contributed by atoms with Gasteiger partial charge in [-0.05, 0) is 51.7 Å². The van der Waals surface area contributed by atoms with Crippen molar-refractivity contribution in [3.8, 4) is 0 Å². The molecule has 12 heteroatoms. The smallest absolute Gasteiger partial charge is 0.306 e. The van der Waals surface area contributed by atoms with Crippen LogP contribution in [0.1, 0.15) is 129 Å². The van der Waals surface area contributed by atoms with Crippen LogP contribution < -0.4 is 4.89 Å². The number of ketones is 2. The van der Waals surface area contributed by atoms with Crippen molar-refractivity contribution in [2.45, 2.75) is 136 Å². The van der Waals surface area contributed by atoms with E-state index in [0.717, 1.165) is 77.0 Å². The molecule has 0 rings (SSSR count). The van der Waals surface area contributed by atoms with Gasteiger partial charge in [0.2, 0.25) is 0 Å². The largest absolute Gasteiger partial charge is 0.756 e. The Morgan fingerprint density at radius 2 is 1.02 bits per heavy atom. The highest BCUT2D eigenvalue weighted by Gasteiger charge is 2.21. The van der Waals surface area contributed by atoms with Gasteiger partial charge < -0.3 is 27.9 Å². The monoisotopic (exact) mass is 753 g/mol. The molecule has 11 nitrogen and oxygen atoms in total. The molecule has 52 heavy (non-hydrogen) atoms. The normalized spacial score (nSPS) is 14.0. The van der Waals surface area contributed by atoms with Crippen molar-refractivity contribution in [2.24, 2.45) is 0 Å². The first-order valence-electron chi connectivity index (χ1n) is 19.2. The Morgan fingerprint density at radius 1 is 0.596 bits per heavy atom. The average Bonchev–Trinajstić information content (AvgIpc) is 3.07. The molecule has 0 aliphatic heterocycles. The fourth-order valence-corrected chi connectivity index (χ4v) is 5.61. The summed E-state index contributed by atoms with van der Waals surface area (Å²) < 4.78 is 33.6. The standard InChI is InChI=1S/C40H68NO10P/c1-6-8-20-26-36(42)28-22-16-12-10-14-18-24-30-39(44)48-34-38(35-50-52(46,47)49-33-32-41(3,4)5)51-40(45)31-25-19-15-11-13-17-23-29-37(43)27-21-9-7-2/h6-9,20-21,26-27,38H,10-19,22-25,28-35H2,1-5H3/b8-6+,9-7+,26-20+,27-21+/t38-/m1/s1. The summed E-state index contributed by atoms with van der Waals surface area (Å²) in [6.07, 6.45) is 27.2. The van der Waals surface area contributed by atoms with E-state index in [4.69, 9.17) is 18.5 Å². The Labute approximate surface area is 314 Å². The number of rotatable bonds is 34. The molecule has 0 aliphatic carbocycles. The number of likely N-dealkylation sites (N-methyl/N-ethyl adjacent to an activating group) is 1. The zero-order valence-electron chi connectivity index (χ0n) is 32.7. The number of hydrogen-bond donors (Lipinski definition) is 0. The summed E-state index contributed by atoms with van der Waals surface area (Å²) in [5, 5.41) is 0. The molecule has 0 N–H and O–H groups in total. The molecule has 0 aromatic rings. The lowest BCUT2D eigenvalue weighted by Crippen LogP contribution is -2.37.